The molecule has 1 fully saturated rings. The fourth-order valence-corrected chi connectivity index (χ4v) is 2.28. The largest absolute Gasteiger partial charge is 0.381 e. The zero-order valence-corrected chi connectivity index (χ0v) is 10.7. The number of halogens is 1. The molecule has 0 aromatic heterocycles. The van der Waals surface area contributed by atoms with Crippen LogP contribution in [-0.2, 0) is 9.53 Å². The second-order valence-corrected chi connectivity index (χ2v) is 4.87. The molecule has 0 N–H and O–H groups in total. The van der Waals surface area contributed by atoms with Gasteiger partial charge in [-0.25, -0.2) is 0 Å². The molecule has 3 nitrogen and oxygen atoms in total. The van der Waals surface area contributed by atoms with Crippen LogP contribution in [0.5, 0.6) is 0 Å². The van der Waals surface area contributed by atoms with Crippen molar-refractivity contribution >= 4 is 17.4 Å². The van der Waals surface area contributed by atoms with E-state index >= 15 is 0 Å². The highest BCUT2D eigenvalue weighted by Crippen LogP contribution is 2.25. The Morgan fingerprint density at radius 3 is 2.72 bits per heavy atom. The third-order valence-electron chi connectivity index (χ3n) is 3.18. The van der Waals surface area contributed by atoms with E-state index in [1.807, 2.05) is 0 Å². The lowest BCUT2D eigenvalue weighted by molar-refractivity contribution is -0.127. The Labute approximate surface area is 111 Å². The first-order valence-electron chi connectivity index (χ1n) is 5.99. The van der Waals surface area contributed by atoms with E-state index in [4.69, 9.17) is 16.3 Å². The van der Waals surface area contributed by atoms with Crippen molar-refractivity contribution in [1.29, 1.82) is 5.26 Å². The Balaban J connectivity index is 2.15. The molecule has 2 rings (SSSR count). The van der Waals surface area contributed by atoms with Gasteiger partial charge in [0.2, 0.25) is 0 Å². The summed E-state index contributed by atoms with van der Waals surface area (Å²) in [5, 5.41) is 9.81. The molecule has 1 aromatic carbocycles. The van der Waals surface area contributed by atoms with Crippen LogP contribution in [0.25, 0.3) is 0 Å². The molecule has 2 unspecified atom stereocenters. The first kappa shape index (κ1) is 13.1. The van der Waals surface area contributed by atoms with Crippen LogP contribution >= 0.6 is 11.6 Å². The monoisotopic (exact) mass is 263 g/mol. The van der Waals surface area contributed by atoms with Crippen LogP contribution in [0.15, 0.2) is 24.3 Å². The lowest BCUT2D eigenvalue weighted by atomic mass is 9.86. The number of carbonyl (C=O) groups excluding carboxylic acids is 1. The summed E-state index contributed by atoms with van der Waals surface area (Å²) in [5.41, 5.74) is 0.706. The normalized spacial score (nSPS) is 21.0. The number of benzene rings is 1. The zero-order chi connectivity index (χ0) is 13.0. The quantitative estimate of drug-likeness (QED) is 0.842. The maximum Gasteiger partial charge on any atom is 0.159 e. The Bertz CT molecular complexity index is 458. The van der Waals surface area contributed by atoms with E-state index in [2.05, 4.69) is 6.07 Å². The molecule has 1 heterocycles. The summed E-state index contributed by atoms with van der Waals surface area (Å²) in [6, 6.07) is 8.96. The smallest absolute Gasteiger partial charge is 0.159 e. The van der Waals surface area contributed by atoms with Crippen molar-refractivity contribution in [3.8, 4) is 6.07 Å². The van der Waals surface area contributed by atoms with Crippen LogP contribution in [-0.4, -0.2) is 19.0 Å². The van der Waals surface area contributed by atoms with Crippen molar-refractivity contribution in [3.05, 3.63) is 34.9 Å². The highest BCUT2D eigenvalue weighted by Gasteiger charge is 2.29. The van der Waals surface area contributed by atoms with Crippen molar-refractivity contribution in [2.45, 2.75) is 18.8 Å². The van der Waals surface area contributed by atoms with E-state index in [1.54, 1.807) is 24.3 Å². The third kappa shape index (κ3) is 2.90. The minimum absolute atomic E-state index is 0.0421. The van der Waals surface area contributed by atoms with Crippen molar-refractivity contribution in [3.63, 3.8) is 0 Å². The summed E-state index contributed by atoms with van der Waals surface area (Å²) in [5.74, 6) is -0.910. The van der Waals surface area contributed by atoms with Gasteiger partial charge >= 0.3 is 0 Å². The van der Waals surface area contributed by atoms with E-state index < -0.39 is 5.92 Å². The molecule has 18 heavy (non-hydrogen) atoms. The molecule has 1 aromatic rings. The second kappa shape index (κ2) is 5.99. The van der Waals surface area contributed by atoms with Gasteiger partial charge < -0.3 is 4.74 Å². The first-order chi connectivity index (χ1) is 8.72. The second-order valence-electron chi connectivity index (χ2n) is 4.43. The SMILES string of the molecule is N#CC(C(=O)C1CCCOC1)c1ccc(Cl)cc1. The van der Waals surface area contributed by atoms with Gasteiger partial charge in [0.05, 0.1) is 12.7 Å². The average Bonchev–Trinajstić information content (AvgIpc) is 2.42. The maximum absolute atomic E-state index is 12.3. The van der Waals surface area contributed by atoms with Crippen molar-refractivity contribution in [2.24, 2.45) is 5.92 Å². The van der Waals surface area contributed by atoms with Crippen LogP contribution < -0.4 is 0 Å². The number of ketones is 1. The number of hydrogen-bond donors (Lipinski definition) is 0. The molecule has 1 aliphatic rings. The molecule has 0 aliphatic carbocycles. The number of hydrogen-bond acceptors (Lipinski definition) is 3. The molecular weight excluding hydrogens is 250 g/mol. The molecule has 1 saturated heterocycles. The average molecular weight is 264 g/mol. The summed E-state index contributed by atoms with van der Waals surface area (Å²) < 4.78 is 5.30. The van der Waals surface area contributed by atoms with Crippen molar-refractivity contribution in [1.82, 2.24) is 0 Å². The summed E-state index contributed by atoms with van der Waals surface area (Å²) >= 11 is 5.80. The Morgan fingerprint density at radius 1 is 1.44 bits per heavy atom. The van der Waals surface area contributed by atoms with E-state index in [0.717, 1.165) is 12.8 Å². The van der Waals surface area contributed by atoms with Gasteiger partial charge in [-0.05, 0) is 30.5 Å². The molecule has 0 saturated carbocycles. The van der Waals surface area contributed by atoms with Crippen LogP contribution in [0.4, 0.5) is 0 Å². The molecule has 0 bridgehead atoms. The number of nitriles is 1. The standard InChI is InChI=1S/C14H14ClNO2/c15-12-5-3-10(4-6-12)13(8-16)14(17)11-2-1-7-18-9-11/h3-6,11,13H,1-2,7,9H2. The topological polar surface area (TPSA) is 50.1 Å². The van der Waals surface area contributed by atoms with E-state index in [-0.39, 0.29) is 11.7 Å². The van der Waals surface area contributed by atoms with Crippen molar-refractivity contribution in [2.75, 3.05) is 13.2 Å². The molecular formula is C14H14ClNO2. The van der Waals surface area contributed by atoms with Gasteiger partial charge in [0.25, 0.3) is 0 Å². The summed E-state index contributed by atoms with van der Waals surface area (Å²) in [4.78, 5) is 12.3. The molecule has 94 valence electrons. The lowest BCUT2D eigenvalue weighted by Gasteiger charge is -2.22. The zero-order valence-electron chi connectivity index (χ0n) is 9.93. The van der Waals surface area contributed by atoms with Gasteiger partial charge in [-0.3, -0.25) is 4.79 Å². The Kier molecular flexibility index (Phi) is 4.35. The summed E-state index contributed by atoms with van der Waals surface area (Å²) in [6.45, 7) is 1.15. The van der Waals surface area contributed by atoms with Gasteiger partial charge in [0.1, 0.15) is 5.92 Å². The highest BCUT2D eigenvalue weighted by molar-refractivity contribution is 6.30. The highest BCUT2D eigenvalue weighted by atomic mass is 35.5. The van der Waals surface area contributed by atoms with E-state index in [0.29, 0.717) is 23.8 Å². The summed E-state index contributed by atoms with van der Waals surface area (Å²) in [7, 11) is 0. The molecule has 2 atom stereocenters. The van der Waals surface area contributed by atoms with Crippen LogP contribution in [0.1, 0.15) is 24.3 Å². The van der Waals surface area contributed by atoms with Gasteiger partial charge in [-0.2, -0.15) is 5.26 Å². The molecule has 1 aliphatic heterocycles. The minimum Gasteiger partial charge on any atom is -0.381 e. The Morgan fingerprint density at radius 2 is 2.17 bits per heavy atom. The molecule has 0 spiro atoms. The Hall–Kier alpha value is -1.37. The number of carbonyl (C=O) groups is 1. The molecule has 0 amide bonds. The number of nitrogens with zero attached hydrogens (tertiary/aromatic N) is 1. The number of Topliss-reactive ketones (excluding diaryl/α,β-unsaturated/α-hetero) is 1. The number of rotatable bonds is 3. The van der Waals surface area contributed by atoms with Gasteiger partial charge in [-0.15, -0.1) is 0 Å². The predicted octanol–water partition coefficient (Wildman–Crippen LogP) is 2.94. The molecule has 0 radical (unpaired) electrons. The lowest BCUT2D eigenvalue weighted by Crippen LogP contribution is -2.29. The van der Waals surface area contributed by atoms with Gasteiger partial charge in [0.15, 0.2) is 5.78 Å². The minimum atomic E-state index is -0.714. The van der Waals surface area contributed by atoms with Crippen LogP contribution in [0, 0.1) is 17.2 Å². The fourth-order valence-electron chi connectivity index (χ4n) is 2.16. The van der Waals surface area contributed by atoms with Crippen LogP contribution in [0.2, 0.25) is 5.02 Å². The first-order valence-corrected chi connectivity index (χ1v) is 6.36. The predicted molar refractivity (Wildman–Crippen MR) is 68.4 cm³/mol. The summed E-state index contributed by atoms with van der Waals surface area (Å²) in [6.07, 6.45) is 1.69. The third-order valence-corrected chi connectivity index (χ3v) is 3.43. The maximum atomic E-state index is 12.3. The van der Waals surface area contributed by atoms with E-state index in [1.165, 1.54) is 0 Å². The van der Waals surface area contributed by atoms with E-state index in [9.17, 15) is 10.1 Å². The fraction of sp³-hybridized carbons (Fsp3) is 0.429. The van der Waals surface area contributed by atoms with Crippen LogP contribution in [0.3, 0.4) is 0 Å². The van der Waals surface area contributed by atoms with Gasteiger partial charge in [0, 0.05) is 17.5 Å². The number of ether oxygens (including phenoxy) is 1. The molecule has 4 heteroatoms. The van der Waals surface area contributed by atoms with Gasteiger partial charge in [-0.1, -0.05) is 23.7 Å². The van der Waals surface area contributed by atoms with Crippen molar-refractivity contribution < 1.29 is 9.53 Å².